The zero-order valence-corrected chi connectivity index (χ0v) is 6.80. The molecule has 4 N–H and O–H groups in total. The standard InChI is InChI=1S/C4H10N2O.2ClH/c1-3-4(5,6)2-7-3;;/h3H,2,5-6H2,1H3;2*1H. The van der Waals surface area contributed by atoms with Crippen LogP contribution in [0.3, 0.4) is 0 Å². The lowest BCUT2D eigenvalue weighted by molar-refractivity contribution is -0.118. The molecule has 1 aliphatic heterocycles. The Hall–Kier alpha value is 0.460. The van der Waals surface area contributed by atoms with Crippen LogP contribution < -0.4 is 11.5 Å². The molecular weight excluding hydrogens is 163 g/mol. The minimum atomic E-state index is -0.542. The normalized spacial score (nSPS) is 29.0. The second kappa shape index (κ2) is 3.58. The van der Waals surface area contributed by atoms with Crippen molar-refractivity contribution in [2.45, 2.75) is 18.7 Å². The van der Waals surface area contributed by atoms with Crippen LogP contribution in [0.25, 0.3) is 0 Å². The van der Waals surface area contributed by atoms with Crippen molar-refractivity contribution in [1.29, 1.82) is 0 Å². The van der Waals surface area contributed by atoms with Gasteiger partial charge < -0.3 is 16.2 Å². The van der Waals surface area contributed by atoms with Crippen LogP contribution >= 0.6 is 24.8 Å². The van der Waals surface area contributed by atoms with Crippen molar-refractivity contribution in [3.05, 3.63) is 0 Å². The van der Waals surface area contributed by atoms with E-state index in [2.05, 4.69) is 0 Å². The number of ether oxygens (including phenoxy) is 1. The number of rotatable bonds is 0. The third kappa shape index (κ3) is 2.27. The third-order valence-electron chi connectivity index (χ3n) is 1.34. The molecule has 58 valence electrons. The summed E-state index contributed by atoms with van der Waals surface area (Å²) in [6, 6.07) is 0. The van der Waals surface area contributed by atoms with Gasteiger partial charge in [0.1, 0.15) is 5.66 Å². The van der Waals surface area contributed by atoms with Gasteiger partial charge in [-0.2, -0.15) is 0 Å². The van der Waals surface area contributed by atoms with E-state index in [1.165, 1.54) is 0 Å². The van der Waals surface area contributed by atoms with Crippen molar-refractivity contribution in [2.24, 2.45) is 11.5 Å². The lowest BCUT2D eigenvalue weighted by Gasteiger charge is -2.40. The molecule has 3 nitrogen and oxygen atoms in total. The maximum atomic E-state index is 5.42. The topological polar surface area (TPSA) is 61.3 Å². The van der Waals surface area contributed by atoms with Crippen molar-refractivity contribution in [1.82, 2.24) is 0 Å². The Balaban J connectivity index is 0. The van der Waals surface area contributed by atoms with E-state index in [9.17, 15) is 0 Å². The molecule has 0 spiro atoms. The number of halogens is 2. The first-order chi connectivity index (χ1) is 3.13. The fourth-order valence-corrected chi connectivity index (χ4v) is 0.442. The molecule has 1 aliphatic rings. The second-order valence-corrected chi connectivity index (χ2v) is 2.07. The van der Waals surface area contributed by atoms with E-state index in [1.54, 1.807) is 0 Å². The Labute approximate surface area is 66.9 Å². The summed E-state index contributed by atoms with van der Waals surface area (Å²) in [5, 5.41) is 0. The molecule has 1 atom stereocenters. The monoisotopic (exact) mass is 174 g/mol. The highest BCUT2D eigenvalue weighted by Gasteiger charge is 2.37. The summed E-state index contributed by atoms with van der Waals surface area (Å²) in [6.07, 6.45) is 0.0347. The molecular formula is C4H12Cl2N2O. The van der Waals surface area contributed by atoms with Gasteiger partial charge in [0.2, 0.25) is 0 Å². The van der Waals surface area contributed by atoms with Gasteiger partial charge in [0.25, 0.3) is 0 Å². The summed E-state index contributed by atoms with van der Waals surface area (Å²) < 4.78 is 4.90. The van der Waals surface area contributed by atoms with Crippen molar-refractivity contribution in [3.8, 4) is 0 Å². The average Bonchev–Trinajstić information content (AvgIpc) is 1.63. The molecule has 0 bridgehead atoms. The smallest absolute Gasteiger partial charge is 0.114 e. The van der Waals surface area contributed by atoms with Crippen LogP contribution in [0.15, 0.2) is 0 Å². The van der Waals surface area contributed by atoms with E-state index in [4.69, 9.17) is 16.2 Å². The molecule has 1 fully saturated rings. The first-order valence-electron chi connectivity index (χ1n) is 2.32. The van der Waals surface area contributed by atoms with Gasteiger partial charge in [-0.25, -0.2) is 0 Å². The van der Waals surface area contributed by atoms with Crippen molar-refractivity contribution < 1.29 is 4.74 Å². The molecule has 0 aromatic heterocycles. The lowest BCUT2D eigenvalue weighted by atomic mass is 10.0. The molecule has 1 rings (SSSR count). The average molecular weight is 175 g/mol. The zero-order valence-electron chi connectivity index (χ0n) is 5.16. The number of nitrogens with two attached hydrogens (primary N) is 2. The zero-order chi connectivity index (χ0) is 5.49. The molecule has 1 saturated heterocycles. The van der Waals surface area contributed by atoms with E-state index >= 15 is 0 Å². The Morgan fingerprint density at radius 1 is 1.44 bits per heavy atom. The molecule has 5 heteroatoms. The molecule has 0 amide bonds. The fraction of sp³-hybridized carbons (Fsp3) is 1.00. The van der Waals surface area contributed by atoms with Gasteiger partial charge in [-0.3, -0.25) is 0 Å². The molecule has 0 saturated carbocycles. The van der Waals surface area contributed by atoms with Crippen LogP contribution in [0, 0.1) is 0 Å². The van der Waals surface area contributed by atoms with Gasteiger partial charge in [-0.1, -0.05) is 0 Å². The SMILES string of the molecule is CC1OCC1(N)N.Cl.Cl. The predicted octanol–water partition coefficient (Wildman–Crippen LogP) is -0.138. The molecule has 0 aromatic rings. The fourth-order valence-electron chi connectivity index (χ4n) is 0.442. The molecule has 1 heterocycles. The van der Waals surface area contributed by atoms with Crippen LogP contribution in [0.5, 0.6) is 0 Å². The van der Waals surface area contributed by atoms with E-state index < -0.39 is 5.66 Å². The number of hydrogen-bond acceptors (Lipinski definition) is 3. The van der Waals surface area contributed by atoms with Gasteiger partial charge in [-0.05, 0) is 6.92 Å². The summed E-state index contributed by atoms with van der Waals surface area (Å²) in [6.45, 7) is 2.36. The first-order valence-corrected chi connectivity index (χ1v) is 2.32. The van der Waals surface area contributed by atoms with Gasteiger partial charge in [0, 0.05) is 0 Å². The number of hydrogen-bond donors (Lipinski definition) is 2. The van der Waals surface area contributed by atoms with Crippen LogP contribution in [-0.2, 0) is 4.74 Å². The van der Waals surface area contributed by atoms with Gasteiger partial charge in [0.05, 0.1) is 12.7 Å². The summed E-state index contributed by atoms with van der Waals surface area (Å²) in [5.41, 5.74) is 10.3. The minimum Gasteiger partial charge on any atom is -0.372 e. The maximum absolute atomic E-state index is 5.42. The molecule has 0 aliphatic carbocycles. The first kappa shape index (κ1) is 12.2. The summed E-state index contributed by atoms with van der Waals surface area (Å²) in [5.74, 6) is 0. The minimum absolute atomic E-state index is 0. The molecule has 9 heavy (non-hydrogen) atoms. The highest BCUT2D eigenvalue weighted by atomic mass is 35.5. The van der Waals surface area contributed by atoms with Crippen molar-refractivity contribution >= 4 is 24.8 Å². The highest BCUT2D eigenvalue weighted by molar-refractivity contribution is 5.85. The second-order valence-electron chi connectivity index (χ2n) is 2.07. The Bertz CT molecular complexity index is 88.6. The molecule has 0 aromatic carbocycles. The van der Waals surface area contributed by atoms with E-state index in [0.29, 0.717) is 6.61 Å². The van der Waals surface area contributed by atoms with Gasteiger partial charge >= 0.3 is 0 Å². The molecule has 0 radical (unpaired) electrons. The summed E-state index contributed by atoms with van der Waals surface area (Å²) in [7, 11) is 0. The van der Waals surface area contributed by atoms with Crippen molar-refractivity contribution in [2.75, 3.05) is 6.61 Å². The Morgan fingerprint density at radius 2 is 1.78 bits per heavy atom. The molecule has 1 unspecified atom stereocenters. The van der Waals surface area contributed by atoms with Crippen molar-refractivity contribution in [3.63, 3.8) is 0 Å². The third-order valence-corrected chi connectivity index (χ3v) is 1.34. The maximum Gasteiger partial charge on any atom is 0.114 e. The van der Waals surface area contributed by atoms with E-state index in [0.717, 1.165) is 0 Å². The van der Waals surface area contributed by atoms with E-state index in [1.807, 2.05) is 6.92 Å². The van der Waals surface area contributed by atoms with Crippen LogP contribution in [0.4, 0.5) is 0 Å². The van der Waals surface area contributed by atoms with Gasteiger partial charge in [-0.15, -0.1) is 24.8 Å². The van der Waals surface area contributed by atoms with Crippen LogP contribution in [-0.4, -0.2) is 18.4 Å². The Kier molecular flexibility index (Phi) is 4.85. The quantitative estimate of drug-likeness (QED) is 0.504. The van der Waals surface area contributed by atoms with Crippen LogP contribution in [0.2, 0.25) is 0 Å². The predicted molar refractivity (Wildman–Crippen MR) is 41.0 cm³/mol. The van der Waals surface area contributed by atoms with E-state index in [-0.39, 0.29) is 30.9 Å². The largest absolute Gasteiger partial charge is 0.372 e. The summed E-state index contributed by atoms with van der Waals surface area (Å²) >= 11 is 0. The van der Waals surface area contributed by atoms with Crippen LogP contribution in [0.1, 0.15) is 6.92 Å². The Morgan fingerprint density at radius 3 is 1.78 bits per heavy atom. The highest BCUT2D eigenvalue weighted by Crippen LogP contribution is 2.15. The lowest BCUT2D eigenvalue weighted by Crippen LogP contribution is -2.69. The van der Waals surface area contributed by atoms with Gasteiger partial charge in [0.15, 0.2) is 0 Å². The summed E-state index contributed by atoms with van der Waals surface area (Å²) in [4.78, 5) is 0.